The van der Waals surface area contributed by atoms with Crippen LogP contribution in [0.15, 0.2) is 24.3 Å². The number of hydrogen-bond donors (Lipinski definition) is 1. The fraction of sp³-hybridized carbons (Fsp3) is 0.625. The zero-order valence-corrected chi connectivity index (χ0v) is 12.5. The summed E-state index contributed by atoms with van der Waals surface area (Å²) < 4.78 is 0. The molecule has 2 N–H and O–H groups in total. The molecular formula is C16H27N3. The Kier molecular flexibility index (Phi) is 4.97. The first kappa shape index (κ1) is 14.5. The predicted molar refractivity (Wildman–Crippen MR) is 81.4 cm³/mol. The Hall–Kier alpha value is -0.900. The third-order valence-corrected chi connectivity index (χ3v) is 4.19. The highest BCUT2D eigenvalue weighted by Gasteiger charge is 2.22. The summed E-state index contributed by atoms with van der Waals surface area (Å²) in [5.41, 5.74) is 8.77. The molecule has 1 unspecified atom stereocenters. The van der Waals surface area contributed by atoms with Crippen LogP contribution in [0, 0.1) is 0 Å². The van der Waals surface area contributed by atoms with Crippen molar-refractivity contribution in [3.8, 4) is 0 Å². The summed E-state index contributed by atoms with van der Waals surface area (Å²) in [7, 11) is 2.19. The Bertz CT molecular complexity index is 377. The van der Waals surface area contributed by atoms with E-state index in [1.54, 1.807) is 0 Å². The summed E-state index contributed by atoms with van der Waals surface area (Å²) in [6.45, 7) is 9.67. The third kappa shape index (κ3) is 3.56. The van der Waals surface area contributed by atoms with Crippen molar-refractivity contribution >= 4 is 0 Å². The van der Waals surface area contributed by atoms with Crippen LogP contribution in [0.1, 0.15) is 36.9 Å². The van der Waals surface area contributed by atoms with Gasteiger partial charge in [0.25, 0.3) is 0 Å². The Labute approximate surface area is 117 Å². The van der Waals surface area contributed by atoms with Crippen LogP contribution < -0.4 is 5.73 Å². The van der Waals surface area contributed by atoms with E-state index in [0.29, 0.717) is 18.5 Å². The van der Waals surface area contributed by atoms with Crippen LogP contribution in [0.3, 0.4) is 0 Å². The van der Waals surface area contributed by atoms with Gasteiger partial charge in [-0.25, -0.2) is 0 Å². The second-order valence-corrected chi connectivity index (χ2v) is 5.91. The molecule has 1 atom stereocenters. The molecule has 1 aromatic carbocycles. The molecule has 1 aliphatic heterocycles. The van der Waals surface area contributed by atoms with E-state index < -0.39 is 0 Å². The highest BCUT2D eigenvalue weighted by molar-refractivity contribution is 5.27. The molecule has 0 amide bonds. The molecule has 1 heterocycles. The van der Waals surface area contributed by atoms with Gasteiger partial charge in [0.05, 0.1) is 0 Å². The molecule has 1 fully saturated rings. The van der Waals surface area contributed by atoms with Gasteiger partial charge in [-0.3, -0.25) is 4.90 Å². The van der Waals surface area contributed by atoms with Crippen molar-refractivity contribution in [2.45, 2.75) is 25.8 Å². The number of likely N-dealkylation sites (N-methyl/N-ethyl adjacent to an activating group) is 1. The summed E-state index contributed by atoms with van der Waals surface area (Å²) in [6, 6.07) is 9.38. The minimum atomic E-state index is 0.370. The number of nitrogens with two attached hydrogens (primary N) is 1. The molecule has 0 saturated carbocycles. The molecule has 3 heteroatoms. The summed E-state index contributed by atoms with van der Waals surface area (Å²) >= 11 is 0. The first-order chi connectivity index (χ1) is 9.11. The smallest absolute Gasteiger partial charge is 0.0471 e. The molecule has 0 aliphatic carbocycles. The zero-order valence-electron chi connectivity index (χ0n) is 12.5. The second kappa shape index (κ2) is 6.51. The summed E-state index contributed by atoms with van der Waals surface area (Å²) in [5.74, 6) is 0.592. The largest absolute Gasteiger partial charge is 0.329 e. The molecule has 0 radical (unpaired) electrons. The van der Waals surface area contributed by atoms with Crippen molar-refractivity contribution < 1.29 is 0 Å². The fourth-order valence-corrected chi connectivity index (χ4v) is 2.73. The van der Waals surface area contributed by atoms with Gasteiger partial charge in [0.2, 0.25) is 0 Å². The van der Waals surface area contributed by atoms with Gasteiger partial charge >= 0.3 is 0 Å². The number of nitrogens with zero attached hydrogens (tertiary/aromatic N) is 2. The monoisotopic (exact) mass is 261 g/mol. The molecule has 1 saturated heterocycles. The van der Waals surface area contributed by atoms with Crippen molar-refractivity contribution in [2.75, 3.05) is 39.8 Å². The van der Waals surface area contributed by atoms with Crippen LogP contribution in [-0.2, 0) is 0 Å². The summed E-state index contributed by atoms with van der Waals surface area (Å²) in [6.07, 6.45) is 0. The van der Waals surface area contributed by atoms with Crippen LogP contribution in [-0.4, -0.2) is 49.6 Å². The predicted octanol–water partition coefficient (Wildman–Crippen LogP) is 2.06. The lowest BCUT2D eigenvalue weighted by Crippen LogP contribution is -2.47. The van der Waals surface area contributed by atoms with Gasteiger partial charge < -0.3 is 10.6 Å². The highest BCUT2D eigenvalue weighted by atomic mass is 15.3. The number of rotatable bonds is 4. The van der Waals surface area contributed by atoms with Gasteiger partial charge in [-0.05, 0) is 24.1 Å². The molecule has 0 bridgehead atoms. The van der Waals surface area contributed by atoms with Crippen molar-refractivity contribution in [2.24, 2.45) is 5.73 Å². The van der Waals surface area contributed by atoms with E-state index in [1.807, 2.05) is 0 Å². The molecule has 3 nitrogen and oxygen atoms in total. The quantitative estimate of drug-likeness (QED) is 0.900. The van der Waals surface area contributed by atoms with E-state index in [9.17, 15) is 0 Å². The lowest BCUT2D eigenvalue weighted by molar-refractivity contribution is 0.114. The Morgan fingerprint density at radius 3 is 2.00 bits per heavy atom. The molecule has 1 aromatic rings. The average Bonchev–Trinajstić information content (AvgIpc) is 2.42. The Morgan fingerprint density at radius 1 is 1.00 bits per heavy atom. The normalized spacial score (nSPS) is 19.8. The first-order valence-electron chi connectivity index (χ1n) is 7.34. The molecule has 0 aromatic heterocycles. The average molecular weight is 261 g/mol. The van der Waals surface area contributed by atoms with E-state index in [4.69, 9.17) is 5.73 Å². The standard InChI is InChI=1S/C16H27N3/c1-13(2)14-4-6-15(7-5-14)16(12-17)19-10-8-18(3)9-11-19/h4-7,13,16H,8-12,17H2,1-3H3. The molecule has 1 aliphatic rings. The van der Waals surface area contributed by atoms with Crippen molar-refractivity contribution in [3.05, 3.63) is 35.4 Å². The fourth-order valence-electron chi connectivity index (χ4n) is 2.73. The topological polar surface area (TPSA) is 32.5 Å². The van der Waals surface area contributed by atoms with Gasteiger partial charge in [-0.1, -0.05) is 38.1 Å². The SMILES string of the molecule is CC(C)c1ccc(C(CN)N2CCN(C)CC2)cc1. The number of benzene rings is 1. The second-order valence-electron chi connectivity index (χ2n) is 5.91. The minimum absolute atomic E-state index is 0.370. The van der Waals surface area contributed by atoms with E-state index in [-0.39, 0.29) is 0 Å². The lowest BCUT2D eigenvalue weighted by atomic mass is 9.98. The van der Waals surface area contributed by atoms with Crippen LogP contribution >= 0.6 is 0 Å². The van der Waals surface area contributed by atoms with E-state index in [2.05, 4.69) is 55.0 Å². The maximum atomic E-state index is 6.01. The summed E-state index contributed by atoms with van der Waals surface area (Å²) in [5, 5.41) is 0. The van der Waals surface area contributed by atoms with E-state index >= 15 is 0 Å². The maximum absolute atomic E-state index is 6.01. The third-order valence-electron chi connectivity index (χ3n) is 4.19. The van der Waals surface area contributed by atoms with E-state index in [0.717, 1.165) is 26.2 Å². The van der Waals surface area contributed by atoms with Gasteiger partial charge in [-0.15, -0.1) is 0 Å². The molecule has 0 spiro atoms. The zero-order chi connectivity index (χ0) is 13.8. The Balaban J connectivity index is 2.08. The summed E-state index contributed by atoms with van der Waals surface area (Å²) in [4.78, 5) is 4.90. The minimum Gasteiger partial charge on any atom is -0.329 e. The van der Waals surface area contributed by atoms with Gasteiger partial charge in [0.15, 0.2) is 0 Å². The van der Waals surface area contributed by atoms with Crippen molar-refractivity contribution in [1.82, 2.24) is 9.80 Å². The molecular weight excluding hydrogens is 234 g/mol. The number of hydrogen-bond acceptors (Lipinski definition) is 3. The Morgan fingerprint density at radius 2 is 1.53 bits per heavy atom. The van der Waals surface area contributed by atoms with Crippen LogP contribution in [0.5, 0.6) is 0 Å². The van der Waals surface area contributed by atoms with Crippen molar-refractivity contribution in [1.29, 1.82) is 0 Å². The highest BCUT2D eigenvalue weighted by Crippen LogP contribution is 2.23. The van der Waals surface area contributed by atoms with Gasteiger partial charge in [0, 0.05) is 38.8 Å². The maximum Gasteiger partial charge on any atom is 0.0471 e. The van der Waals surface area contributed by atoms with Crippen LogP contribution in [0.25, 0.3) is 0 Å². The van der Waals surface area contributed by atoms with Gasteiger partial charge in [-0.2, -0.15) is 0 Å². The molecule has 19 heavy (non-hydrogen) atoms. The lowest BCUT2D eigenvalue weighted by Gasteiger charge is -2.37. The van der Waals surface area contributed by atoms with Gasteiger partial charge in [0.1, 0.15) is 0 Å². The molecule has 2 rings (SSSR count). The van der Waals surface area contributed by atoms with E-state index in [1.165, 1.54) is 11.1 Å². The van der Waals surface area contributed by atoms with Crippen molar-refractivity contribution in [3.63, 3.8) is 0 Å². The van der Waals surface area contributed by atoms with Crippen LogP contribution in [0.2, 0.25) is 0 Å². The van der Waals surface area contributed by atoms with Crippen LogP contribution in [0.4, 0.5) is 0 Å². The number of piperazine rings is 1. The molecule has 106 valence electrons. The first-order valence-corrected chi connectivity index (χ1v) is 7.34.